The number of alkyl carbamates (subject to hydrolysis) is 1. The number of hydrogen-bond donors (Lipinski definition) is 2. The molecule has 3 N–H and O–H groups in total. The predicted octanol–water partition coefficient (Wildman–Crippen LogP) is 0.192. The lowest BCUT2D eigenvalue weighted by atomic mass is 9.84. The van der Waals surface area contributed by atoms with Crippen LogP contribution in [0.15, 0.2) is 30.3 Å². The fourth-order valence-corrected chi connectivity index (χ4v) is 3.31. The van der Waals surface area contributed by atoms with Crippen molar-refractivity contribution in [1.82, 2.24) is 5.32 Å². The van der Waals surface area contributed by atoms with Gasteiger partial charge in [-0.3, -0.25) is 0 Å². The van der Waals surface area contributed by atoms with Crippen molar-refractivity contribution in [3.63, 3.8) is 0 Å². The third-order valence-electron chi connectivity index (χ3n) is 4.79. The Morgan fingerprint density at radius 3 is 2.33 bits per heavy atom. The third kappa shape index (κ3) is 8.41. The summed E-state index contributed by atoms with van der Waals surface area (Å²) in [6, 6.07) is 8.28. The van der Waals surface area contributed by atoms with Gasteiger partial charge < -0.3 is 30.0 Å². The number of ether oxygens (including phenoxy) is 2. The van der Waals surface area contributed by atoms with Crippen molar-refractivity contribution in [2.24, 2.45) is 5.92 Å². The van der Waals surface area contributed by atoms with Gasteiger partial charge in [0.1, 0.15) is 6.61 Å². The highest BCUT2D eigenvalue weighted by Gasteiger charge is 2.26. The summed E-state index contributed by atoms with van der Waals surface area (Å²) in [7, 11) is 0. The Morgan fingerprint density at radius 2 is 1.81 bits per heavy atom. The van der Waals surface area contributed by atoms with Gasteiger partial charge in [-0.05, 0) is 24.3 Å². The standard InChI is InChI=1S/C16H21NO4.C4H9NO/c18-15(19)14(13-9-5-2-6-10-13)17-16(20)21-11-12-7-3-1-4-8-12;1-3-6-4-2-5-1/h1,3-4,7-8,13-14H,2,5-6,9-11H2,(H,17,20)(H,18,19);5H,1-4H2. The molecular weight excluding hydrogens is 348 g/mol. The van der Waals surface area contributed by atoms with E-state index in [4.69, 9.17) is 9.47 Å². The number of carboxylic acid groups (broad SMARTS) is 1. The molecule has 1 aliphatic carbocycles. The molecule has 3 rings (SSSR count). The number of amides is 1. The first-order chi connectivity index (χ1) is 13.2. The van der Waals surface area contributed by atoms with Gasteiger partial charge in [0.15, 0.2) is 0 Å². The molecule has 7 nitrogen and oxygen atoms in total. The van der Waals surface area contributed by atoms with E-state index in [0.717, 1.165) is 64.0 Å². The molecule has 1 aromatic rings. The van der Waals surface area contributed by atoms with Crippen molar-refractivity contribution in [1.29, 1.82) is 0 Å². The molecule has 0 radical (unpaired) electrons. The van der Waals surface area contributed by atoms with Crippen LogP contribution in [-0.4, -0.2) is 44.4 Å². The fourth-order valence-electron chi connectivity index (χ4n) is 3.31. The van der Waals surface area contributed by atoms with Crippen LogP contribution in [0.3, 0.4) is 0 Å². The zero-order chi connectivity index (χ0) is 19.3. The number of nitrogens with one attached hydrogen (secondary N) is 1. The lowest BCUT2D eigenvalue weighted by Crippen LogP contribution is -2.87. The second kappa shape index (κ2) is 12.3. The van der Waals surface area contributed by atoms with Crippen molar-refractivity contribution in [3.8, 4) is 0 Å². The summed E-state index contributed by atoms with van der Waals surface area (Å²) in [5.74, 6) is -1.30. The van der Waals surface area contributed by atoms with Crippen LogP contribution in [0.4, 0.5) is 4.79 Å². The number of carboxylic acids is 1. The highest BCUT2D eigenvalue weighted by Crippen LogP contribution is 2.26. The topological polar surface area (TPSA) is 104 Å². The number of rotatable bonds is 5. The largest absolute Gasteiger partial charge is 0.548 e. The Balaban J connectivity index is 0.000000369. The Kier molecular flexibility index (Phi) is 9.65. The molecule has 2 aliphatic rings. The predicted molar refractivity (Wildman–Crippen MR) is 97.6 cm³/mol. The van der Waals surface area contributed by atoms with Gasteiger partial charge in [-0.1, -0.05) is 49.6 Å². The first-order valence-electron chi connectivity index (χ1n) is 9.74. The maximum atomic E-state index is 11.7. The summed E-state index contributed by atoms with van der Waals surface area (Å²) in [5, 5.41) is 15.9. The van der Waals surface area contributed by atoms with Crippen LogP contribution in [0.2, 0.25) is 0 Å². The average molecular weight is 378 g/mol. The Bertz CT molecular complexity index is 545. The zero-order valence-corrected chi connectivity index (χ0v) is 15.7. The molecule has 1 amide bonds. The molecule has 0 spiro atoms. The van der Waals surface area contributed by atoms with Crippen molar-refractivity contribution < 1.29 is 29.5 Å². The number of aliphatic carboxylic acids is 1. The molecule has 1 heterocycles. The molecule has 2 fully saturated rings. The van der Waals surface area contributed by atoms with Crippen LogP contribution < -0.4 is 15.7 Å². The molecule has 1 unspecified atom stereocenters. The van der Waals surface area contributed by atoms with Crippen LogP contribution in [0.1, 0.15) is 37.7 Å². The van der Waals surface area contributed by atoms with Gasteiger partial charge in [0.25, 0.3) is 0 Å². The Labute approximate surface area is 160 Å². The lowest BCUT2D eigenvalue weighted by molar-refractivity contribution is -0.670. The van der Waals surface area contributed by atoms with Crippen LogP contribution in [0.25, 0.3) is 0 Å². The summed E-state index contributed by atoms with van der Waals surface area (Å²) < 4.78 is 10.1. The summed E-state index contributed by atoms with van der Waals surface area (Å²) in [6.07, 6.45) is 4.01. The van der Waals surface area contributed by atoms with E-state index in [9.17, 15) is 14.7 Å². The minimum Gasteiger partial charge on any atom is -0.548 e. The summed E-state index contributed by atoms with van der Waals surface area (Å²) in [6.45, 7) is 4.32. The number of quaternary nitrogens is 1. The average Bonchev–Trinajstić information content (AvgIpc) is 2.73. The molecule has 1 saturated carbocycles. The van der Waals surface area contributed by atoms with Crippen LogP contribution in [-0.2, 0) is 20.9 Å². The van der Waals surface area contributed by atoms with E-state index in [2.05, 4.69) is 10.6 Å². The van der Waals surface area contributed by atoms with E-state index in [1.807, 2.05) is 30.3 Å². The van der Waals surface area contributed by atoms with Crippen molar-refractivity contribution in [3.05, 3.63) is 35.9 Å². The van der Waals surface area contributed by atoms with E-state index in [1.165, 1.54) is 0 Å². The summed E-state index contributed by atoms with van der Waals surface area (Å²) in [5.41, 5.74) is 0.857. The molecule has 1 aliphatic heterocycles. The normalized spacial score (nSPS) is 18.5. The van der Waals surface area contributed by atoms with Crippen molar-refractivity contribution in [2.45, 2.75) is 44.8 Å². The third-order valence-corrected chi connectivity index (χ3v) is 4.79. The summed E-state index contributed by atoms with van der Waals surface area (Å²) in [4.78, 5) is 23.0. The molecule has 0 bridgehead atoms. The Morgan fingerprint density at radius 1 is 1.15 bits per heavy atom. The number of morpholine rings is 1. The first-order valence-corrected chi connectivity index (χ1v) is 9.74. The van der Waals surface area contributed by atoms with Gasteiger partial charge in [-0.15, -0.1) is 0 Å². The molecule has 150 valence electrons. The van der Waals surface area contributed by atoms with Gasteiger partial charge in [0.2, 0.25) is 0 Å². The van der Waals surface area contributed by atoms with E-state index in [-0.39, 0.29) is 12.5 Å². The van der Waals surface area contributed by atoms with Crippen molar-refractivity contribution in [2.75, 3.05) is 26.3 Å². The van der Waals surface area contributed by atoms with Crippen LogP contribution in [0, 0.1) is 5.92 Å². The quantitative estimate of drug-likeness (QED) is 0.761. The zero-order valence-electron chi connectivity index (χ0n) is 15.7. The minimum absolute atomic E-state index is 0.0620. The smallest absolute Gasteiger partial charge is 0.408 e. The maximum absolute atomic E-state index is 11.7. The molecule has 7 heteroatoms. The van der Waals surface area contributed by atoms with Crippen LogP contribution >= 0.6 is 0 Å². The molecule has 1 aromatic carbocycles. The monoisotopic (exact) mass is 378 g/mol. The van der Waals surface area contributed by atoms with E-state index >= 15 is 0 Å². The van der Waals surface area contributed by atoms with Crippen LogP contribution in [0.5, 0.6) is 0 Å². The number of nitrogens with two attached hydrogens (primary N) is 1. The molecular formula is C20H30N2O5. The first kappa shape index (κ1) is 21.2. The van der Waals surface area contributed by atoms with Gasteiger partial charge >= 0.3 is 6.09 Å². The molecule has 1 atom stereocenters. The number of benzene rings is 1. The fraction of sp³-hybridized carbons (Fsp3) is 0.600. The van der Waals surface area contributed by atoms with E-state index < -0.39 is 18.1 Å². The second-order valence-electron chi connectivity index (χ2n) is 6.88. The second-order valence-corrected chi connectivity index (χ2v) is 6.88. The lowest BCUT2D eigenvalue weighted by Gasteiger charge is -2.31. The minimum atomic E-state index is -1.24. The molecule has 1 saturated heterocycles. The number of carbonyl (C=O) groups is 2. The van der Waals surface area contributed by atoms with Gasteiger partial charge in [0, 0.05) is 0 Å². The van der Waals surface area contributed by atoms with Gasteiger partial charge in [0.05, 0.1) is 38.3 Å². The highest BCUT2D eigenvalue weighted by atomic mass is 16.5. The number of carbonyl (C=O) groups excluding carboxylic acids is 2. The van der Waals surface area contributed by atoms with Crippen molar-refractivity contribution >= 4 is 12.1 Å². The highest BCUT2D eigenvalue weighted by molar-refractivity contribution is 5.78. The van der Waals surface area contributed by atoms with E-state index in [0.29, 0.717) is 0 Å². The van der Waals surface area contributed by atoms with Gasteiger partial charge in [-0.2, -0.15) is 0 Å². The molecule has 0 aromatic heterocycles. The number of hydrogen-bond acceptors (Lipinski definition) is 5. The SMILES string of the molecule is C1COCC[NH2+]1.O=C(NC(C(=O)[O-])C1CCCCC1)OCc1ccccc1. The van der Waals surface area contributed by atoms with E-state index in [1.54, 1.807) is 0 Å². The Hall–Kier alpha value is -2.12. The molecule has 27 heavy (non-hydrogen) atoms. The van der Waals surface area contributed by atoms with Gasteiger partial charge in [-0.25, -0.2) is 4.79 Å². The summed E-state index contributed by atoms with van der Waals surface area (Å²) >= 11 is 0. The maximum Gasteiger partial charge on any atom is 0.408 e.